The van der Waals surface area contributed by atoms with E-state index in [9.17, 15) is 9.90 Å². The van der Waals surface area contributed by atoms with Crippen LogP contribution in [0.15, 0.2) is 0 Å². The molecule has 1 rings (SSSR count). The molecule has 0 aliphatic carbocycles. The predicted molar refractivity (Wildman–Crippen MR) is 49.9 cm³/mol. The monoisotopic (exact) mass is 181 g/mol. The van der Waals surface area contributed by atoms with Crippen molar-refractivity contribution >= 4 is 5.91 Å². The van der Waals surface area contributed by atoms with Gasteiger partial charge in [0.15, 0.2) is 0 Å². The van der Waals surface area contributed by atoms with Crippen molar-refractivity contribution in [2.24, 2.45) is 0 Å². The molecule has 3 heteroatoms. The van der Waals surface area contributed by atoms with Crippen molar-refractivity contribution in [3.63, 3.8) is 0 Å². The number of aliphatic hydroxyl groups excluding tert-OH is 1. The molecular weight excluding hydrogens is 166 g/mol. The SMILES string of the molecule is CC#CC(=O)N1CCCC(O)CC1. The van der Waals surface area contributed by atoms with Crippen LogP contribution in [-0.2, 0) is 4.79 Å². The average molecular weight is 181 g/mol. The first kappa shape index (κ1) is 10.1. The van der Waals surface area contributed by atoms with Gasteiger partial charge in [0.2, 0.25) is 0 Å². The second kappa shape index (κ2) is 4.88. The van der Waals surface area contributed by atoms with E-state index in [0.29, 0.717) is 13.0 Å². The van der Waals surface area contributed by atoms with Crippen LogP contribution in [0.4, 0.5) is 0 Å². The molecule has 1 unspecified atom stereocenters. The minimum Gasteiger partial charge on any atom is -0.393 e. The van der Waals surface area contributed by atoms with Gasteiger partial charge in [-0.25, -0.2) is 0 Å². The fraction of sp³-hybridized carbons (Fsp3) is 0.700. The Hall–Kier alpha value is -1.01. The highest BCUT2D eigenvalue weighted by atomic mass is 16.3. The Labute approximate surface area is 78.7 Å². The fourth-order valence-electron chi connectivity index (χ4n) is 1.47. The summed E-state index contributed by atoms with van der Waals surface area (Å²) in [5.74, 6) is 4.99. The van der Waals surface area contributed by atoms with Crippen LogP contribution in [-0.4, -0.2) is 35.1 Å². The van der Waals surface area contributed by atoms with Crippen molar-refractivity contribution in [3.05, 3.63) is 0 Å². The van der Waals surface area contributed by atoms with E-state index in [2.05, 4.69) is 11.8 Å². The van der Waals surface area contributed by atoms with Crippen LogP contribution in [0, 0.1) is 11.8 Å². The smallest absolute Gasteiger partial charge is 0.298 e. The molecule has 0 aromatic carbocycles. The second-order valence-corrected chi connectivity index (χ2v) is 3.25. The van der Waals surface area contributed by atoms with Gasteiger partial charge in [0.25, 0.3) is 5.91 Å². The Morgan fingerprint density at radius 1 is 1.46 bits per heavy atom. The molecule has 1 aliphatic rings. The maximum atomic E-state index is 11.3. The lowest BCUT2D eigenvalue weighted by Gasteiger charge is -2.16. The number of hydrogen-bond donors (Lipinski definition) is 1. The van der Waals surface area contributed by atoms with Crippen molar-refractivity contribution in [2.45, 2.75) is 32.3 Å². The predicted octanol–water partition coefficient (Wildman–Crippen LogP) is 0.383. The van der Waals surface area contributed by atoms with Gasteiger partial charge in [0, 0.05) is 13.1 Å². The first-order valence-corrected chi connectivity index (χ1v) is 4.63. The van der Waals surface area contributed by atoms with Crippen molar-refractivity contribution in [1.29, 1.82) is 0 Å². The second-order valence-electron chi connectivity index (χ2n) is 3.25. The quantitative estimate of drug-likeness (QED) is 0.549. The summed E-state index contributed by atoms with van der Waals surface area (Å²) in [6, 6.07) is 0. The number of rotatable bonds is 0. The van der Waals surface area contributed by atoms with E-state index in [-0.39, 0.29) is 12.0 Å². The third-order valence-electron chi connectivity index (χ3n) is 2.22. The Balaban J connectivity index is 2.49. The standard InChI is InChI=1S/C10H15NO2/c1-2-4-10(13)11-7-3-5-9(12)6-8-11/h9,12H,3,5-8H2,1H3. The summed E-state index contributed by atoms with van der Waals surface area (Å²) in [5.41, 5.74) is 0. The lowest BCUT2D eigenvalue weighted by molar-refractivity contribution is -0.125. The highest BCUT2D eigenvalue weighted by Crippen LogP contribution is 2.10. The first-order valence-electron chi connectivity index (χ1n) is 4.63. The van der Waals surface area contributed by atoms with E-state index >= 15 is 0 Å². The summed E-state index contributed by atoms with van der Waals surface area (Å²) in [5, 5.41) is 9.34. The van der Waals surface area contributed by atoms with Gasteiger partial charge in [-0.1, -0.05) is 5.92 Å². The molecule has 1 aliphatic heterocycles. The highest BCUT2D eigenvalue weighted by molar-refractivity contribution is 5.93. The summed E-state index contributed by atoms with van der Waals surface area (Å²) in [6.45, 7) is 3.02. The molecule has 0 radical (unpaired) electrons. The third kappa shape index (κ3) is 3.08. The maximum absolute atomic E-state index is 11.3. The molecule has 0 spiro atoms. The van der Waals surface area contributed by atoms with Crippen LogP contribution in [0.2, 0.25) is 0 Å². The molecule has 72 valence electrons. The molecule has 1 amide bonds. The minimum absolute atomic E-state index is 0.114. The van der Waals surface area contributed by atoms with Gasteiger partial charge in [-0.3, -0.25) is 4.79 Å². The van der Waals surface area contributed by atoms with Crippen LogP contribution in [0.25, 0.3) is 0 Å². The van der Waals surface area contributed by atoms with Gasteiger partial charge in [-0.15, -0.1) is 0 Å². The molecule has 13 heavy (non-hydrogen) atoms. The largest absolute Gasteiger partial charge is 0.393 e. The molecule has 1 heterocycles. The summed E-state index contributed by atoms with van der Waals surface area (Å²) in [6.07, 6.45) is 2.10. The number of likely N-dealkylation sites (tertiary alicyclic amines) is 1. The van der Waals surface area contributed by atoms with E-state index in [1.54, 1.807) is 11.8 Å². The van der Waals surface area contributed by atoms with Crippen LogP contribution >= 0.6 is 0 Å². The zero-order valence-corrected chi connectivity index (χ0v) is 7.92. The van der Waals surface area contributed by atoms with Crippen molar-refractivity contribution < 1.29 is 9.90 Å². The number of hydrogen-bond acceptors (Lipinski definition) is 2. The molecule has 0 saturated carbocycles. The van der Waals surface area contributed by atoms with E-state index in [0.717, 1.165) is 19.4 Å². The van der Waals surface area contributed by atoms with Gasteiger partial charge in [0.05, 0.1) is 6.10 Å². The normalized spacial score (nSPS) is 22.9. The van der Waals surface area contributed by atoms with E-state index in [4.69, 9.17) is 0 Å². The molecule has 0 aromatic heterocycles. The number of carbonyl (C=O) groups excluding carboxylic acids is 1. The van der Waals surface area contributed by atoms with Gasteiger partial charge in [-0.2, -0.15) is 0 Å². The zero-order valence-electron chi connectivity index (χ0n) is 7.92. The summed E-state index contributed by atoms with van der Waals surface area (Å²) < 4.78 is 0. The van der Waals surface area contributed by atoms with E-state index in [1.807, 2.05) is 0 Å². The Bertz CT molecular complexity index is 239. The van der Waals surface area contributed by atoms with Crippen LogP contribution < -0.4 is 0 Å². The highest BCUT2D eigenvalue weighted by Gasteiger charge is 2.17. The van der Waals surface area contributed by atoms with Gasteiger partial charge >= 0.3 is 0 Å². The maximum Gasteiger partial charge on any atom is 0.298 e. The summed E-state index contributed by atoms with van der Waals surface area (Å²) in [7, 11) is 0. The lowest BCUT2D eigenvalue weighted by Crippen LogP contribution is -2.30. The van der Waals surface area contributed by atoms with Crippen molar-refractivity contribution in [1.82, 2.24) is 4.90 Å². The summed E-state index contributed by atoms with van der Waals surface area (Å²) >= 11 is 0. The van der Waals surface area contributed by atoms with Crippen LogP contribution in [0.5, 0.6) is 0 Å². The molecule has 0 aromatic rings. The number of carbonyl (C=O) groups is 1. The van der Waals surface area contributed by atoms with Gasteiger partial charge < -0.3 is 10.0 Å². The van der Waals surface area contributed by atoms with E-state index in [1.165, 1.54) is 0 Å². The lowest BCUT2D eigenvalue weighted by atomic mass is 10.2. The fourth-order valence-corrected chi connectivity index (χ4v) is 1.47. The number of aliphatic hydroxyl groups is 1. The number of nitrogens with zero attached hydrogens (tertiary/aromatic N) is 1. The zero-order chi connectivity index (χ0) is 9.68. The molecule has 0 bridgehead atoms. The topological polar surface area (TPSA) is 40.5 Å². The number of amides is 1. The minimum atomic E-state index is -0.243. The Morgan fingerprint density at radius 3 is 2.92 bits per heavy atom. The molecule has 1 saturated heterocycles. The Morgan fingerprint density at radius 2 is 2.23 bits per heavy atom. The summed E-state index contributed by atoms with van der Waals surface area (Å²) in [4.78, 5) is 13.0. The van der Waals surface area contributed by atoms with Gasteiger partial charge in [-0.05, 0) is 32.1 Å². The first-order chi connectivity index (χ1) is 6.24. The molecule has 1 fully saturated rings. The van der Waals surface area contributed by atoms with Crippen molar-refractivity contribution in [2.75, 3.05) is 13.1 Å². The van der Waals surface area contributed by atoms with Crippen molar-refractivity contribution in [3.8, 4) is 11.8 Å². The third-order valence-corrected chi connectivity index (χ3v) is 2.22. The molecular formula is C10H15NO2. The molecule has 1 atom stereocenters. The van der Waals surface area contributed by atoms with Crippen LogP contribution in [0.1, 0.15) is 26.2 Å². The Kier molecular flexibility index (Phi) is 3.78. The molecule has 1 N–H and O–H groups in total. The average Bonchev–Trinajstić information content (AvgIpc) is 2.30. The molecule has 3 nitrogen and oxygen atoms in total. The van der Waals surface area contributed by atoms with E-state index < -0.39 is 0 Å². The van der Waals surface area contributed by atoms with Gasteiger partial charge in [0.1, 0.15) is 0 Å². The van der Waals surface area contributed by atoms with Crippen LogP contribution in [0.3, 0.4) is 0 Å².